The van der Waals surface area contributed by atoms with Crippen molar-refractivity contribution in [3.63, 3.8) is 0 Å². The minimum atomic E-state index is -1.02. The molecule has 1 saturated heterocycles. The van der Waals surface area contributed by atoms with E-state index in [1.807, 2.05) is 0 Å². The first-order valence-corrected chi connectivity index (χ1v) is 10.2. The highest BCUT2D eigenvalue weighted by Gasteiger charge is 2.62. The summed E-state index contributed by atoms with van der Waals surface area (Å²) in [5.41, 5.74) is 0.575. The fourth-order valence-corrected chi connectivity index (χ4v) is 5.17. The van der Waals surface area contributed by atoms with E-state index in [-0.39, 0.29) is 35.5 Å². The number of carbonyl (C=O) groups is 4. The van der Waals surface area contributed by atoms with E-state index < -0.39 is 24.5 Å². The Balaban J connectivity index is 1.33. The first kappa shape index (κ1) is 19.1. The highest BCUT2D eigenvalue weighted by atomic mass is 79.9. The van der Waals surface area contributed by atoms with Gasteiger partial charge in [0.1, 0.15) is 6.04 Å². The second-order valence-corrected chi connectivity index (χ2v) is 8.69. The molecule has 1 N–H and O–H groups in total. The largest absolute Gasteiger partial charge is 0.454 e. The molecular weight excluding hydrogens is 428 g/mol. The van der Waals surface area contributed by atoms with Gasteiger partial charge >= 0.3 is 5.97 Å². The number of ether oxygens (including phenoxy) is 1. The van der Waals surface area contributed by atoms with E-state index in [1.165, 1.54) is 6.92 Å². The van der Waals surface area contributed by atoms with Crippen molar-refractivity contribution in [2.24, 2.45) is 23.7 Å². The lowest BCUT2D eigenvalue weighted by molar-refractivity contribution is -0.159. The fraction of sp³-hybridized carbons (Fsp3) is 0.500. The zero-order valence-corrected chi connectivity index (χ0v) is 17.0. The smallest absolute Gasteiger partial charge is 0.329 e. The molecule has 3 aliphatic rings. The molecule has 2 bridgehead atoms. The molecular formula is C20H21BrN2O5. The van der Waals surface area contributed by atoms with Crippen LogP contribution in [0.3, 0.4) is 0 Å². The Labute approximate surface area is 170 Å². The predicted octanol–water partition coefficient (Wildman–Crippen LogP) is 2.35. The number of carbonyl (C=O) groups excluding carboxylic acids is 4. The van der Waals surface area contributed by atoms with Crippen LogP contribution >= 0.6 is 15.9 Å². The van der Waals surface area contributed by atoms with Crippen molar-refractivity contribution in [2.75, 3.05) is 11.9 Å². The maximum Gasteiger partial charge on any atom is 0.329 e. The Morgan fingerprint density at radius 1 is 1.14 bits per heavy atom. The maximum atomic E-state index is 12.8. The molecule has 0 radical (unpaired) electrons. The third-order valence-corrected chi connectivity index (χ3v) is 6.69. The van der Waals surface area contributed by atoms with Crippen LogP contribution in [-0.4, -0.2) is 41.2 Å². The first-order chi connectivity index (χ1) is 13.4. The summed E-state index contributed by atoms with van der Waals surface area (Å²) in [4.78, 5) is 50.9. The second-order valence-electron chi connectivity index (χ2n) is 7.77. The minimum Gasteiger partial charge on any atom is -0.454 e. The number of rotatable bonds is 5. The van der Waals surface area contributed by atoms with Crippen molar-refractivity contribution in [3.8, 4) is 0 Å². The number of fused-ring (bicyclic) bond motifs is 5. The van der Waals surface area contributed by atoms with Crippen LogP contribution in [0.1, 0.15) is 26.2 Å². The van der Waals surface area contributed by atoms with Crippen LogP contribution in [0.15, 0.2) is 28.7 Å². The number of likely N-dealkylation sites (tertiary alicyclic amines) is 1. The molecule has 7 nitrogen and oxygen atoms in total. The highest BCUT2D eigenvalue weighted by Crippen LogP contribution is 2.56. The molecule has 2 saturated carbocycles. The molecule has 148 valence electrons. The molecule has 4 rings (SSSR count). The van der Waals surface area contributed by atoms with Gasteiger partial charge in [-0.15, -0.1) is 0 Å². The number of hydrogen-bond donors (Lipinski definition) is 1. The van der Waals surface area contributed by atoms with Gasteiger partial charge in [-0.3, -0.25) is 19.3 Å². The normalized spacial score (nSPS) is 29.0. The molecule has 28 heavy (non-hydrogen) atoms. The number of anilines is 1. The van der Waals surface area contributed by atoms with Gasteiger partial charge in [-0.2, -0.15) is 0 Å². The molecule has 5 atom stereocenters. The van der Waals surface area contributed by atoms with E-state index >= 15 is 0 Å². The summed E-state index contributed by atoms with van der Waals surface area (Å²) >= 11 is 3.31. The number of halogens is 1. The van der Waals surface area contributed by atoms with Gasteiger partial charge in [0, 0.05) is 10.2 Å². The molecule has 1 aromatic rings. The minimum absolute atomic E-state index is 0.258. The van der Waals surface area contributed by atoms with Gasteiger partial charge in [0.05, 0.1) is 11.8 Å². The van der Waals surface area contributed by atoms with Crippen molar-refractivity contribution < 1.29 is 23.9 Å². The van der Waals surface area contributed by atoms with E-state index in [0.717, 1.165) is 28.6 Å². The Hall–Kier alpha value is -2.22. The van der Waals surface area contributed by atoms with Crippen LogP contribution in [0.5, 0.6) is 0 Å². The van der Waals surface area contributed by atoms with Crippen molar-refractivity contribution in [3.05, 3.63) is 28.7 Å². The molecule has 2 aliphatic carbocycles. The Kier molecular flexibility index (Phi) is 4.99. The van der Waals surface area contributed by atoms with Crippen molar-refractivity contribution in [1.82, 2.24) is 4.90 Å². The molecule has 0 spiro atoms. The Bertz CT molecular complexity index is 812. The molecule has 1 aliphatic heterocycles. The quantitative estimate of drug-likeness (QED) is 0.551. The van der Waals surface area contributed by atoms with Gasteiger partial charge in [-0.1, -0.05) is 15.9 Å². The summed E-state index contributed by atoms with van der Waals surface area (Å²) in [6.07, 6.45) is 2.90. The summed E-state index contributed by atoms with van der Waals surface area (Å²) in [7, 11) is 0. The predicted molar refractivity (Wildman–Crippen MR) is 103 cm³/mol. The number of imide groups is 1. The van der Waals surface area contributed by atoms with Gasteiger partial charge in [0.25, 0.3) is 5.91 Å². The van der Waals surface area contributed by atoms with E-state index in [9.17, 15) is 19.2 Å². The van der Waals surface area contributed by atoms with E-state index in [2.05, 4.69) is 21.2 Å². The summed E-state index contributed by atoms with van der Waals surface area (Å²) in [5, 5.41) is 2.62. The van der Waals surface area contributed by atoms with Crippen LogP contribution in [0.4, 0.5) is 5.69 Å². The van der Waals surface area contributed by atoms with Crippen LogP contribution < -0.4 is 5.32 Å². The SMILES string of the molecule is C[C@H](C(=O)OCC(=O)Nc1ccc(Br)cc1)N1C(=O)[C@H]2[C@H]3CC[C@@H](C3)[C@@H]2C1=O. The lowest BCUT2D eigenvalue weighted by atomic mass is 9.81. The average Bonchev–Trinajstić information content (AvgIpc) is 3.35. The number of amides is 3. The van der Waals surface area contributed by atoms with E-state index in [0.29, 0.717) is 5.69 Å². The van der Waals surface area contributed by atoms with Crippen molar-refractivity contribution in [2.45, 2.75) is 32.2 Å². The van der Waals surface area contributed by atoms with Crippen molar-refractivity contribution in [1.29, 1.82) is 0 Å². The topological polar surface area (TPSA) is 92.8 Å². The Morgan fingerprint density at radius 2 is 1.71 bits per heavy atom. The summed E-state index contributed by atoms with van der Waals surface area (Å²) in [5.74, 6) is -1.79. The second kappa shape index (κ2) is 7.31. The number of benzene rings is 1. The van der Waals surface area contributed by atoms with Gasteiger partial charge in [0.15, 0.2) is 6.61 Å². The summed E-state index contributed by atoms with van der Waals surface area (Å²) in [6.45, 7) is 1.00. The number of nitrogens with one attached hydrogen (secondary N) is 1. The highest BCUT2D eigenvalue weighted by molar-refractivity contribution is 9.10. The number of esters is 1. The fourth-order valence-electron chi connectivity index (χ4n) is 4.91. The molecule has 3 fully saturated rings. The number of hydrogen-bond acceptors (Lipinski definition) is 5. The van der Waals surface area contributed by atoms with Crippen LogP contribution in [0.2, 0.25) is 0 Å². The van der Waals surface area contributed by atoms with Gasteiger partial charge < -0.3 is 10.1 Å². The Morgan fingerprint density at radius 3 is 2.29 bits per heavy atom. The monoisotopic (exact) mass is 448 g/mol. The molecule has 0 aromatic heterocycles. The lowest BCUT2D eigenvalue weighted by Crippen LogP contribution is -2.45. The zero-order chi connectivity index (χ0) is 20.0. The zero-order valence-electron chi connectivity index (χ0n) is 15.4. The summed E-state index contributed by atoms with van der Waals surface area (Å²) in [6, 6.07) is 5.95. The molecule has 1 heterocycles. The molecule has 3 amide bonds. The van der Waals surface area contributed by atoms with E-state index in [1.54, 1.807) is 24.3 Å². The van der Waals surface area contributed by atoms with Crippen molar-refractivity contribution >= 4 is 45.3 Å². The van der Waals surface area contributed by atoms with Gasteiger partial charge in [-0.05, 0) is 62.3 Å². The third kappa shape index (κ3) is 3.23. The first-order valence-electron chi connectivity index (χ1n) is 9.45. The summed E-state index contributed by atoms with van der Waals surface area (Å²) < 4.78 is 5.93. The lowest BCUT2D eigenvalue weighted by Gasteiger charge is -2.23. The van der Waals surface area contributed by atoms with Gasteiger partial charge in [0.2, 0.25) is 11.8 Å². The molecule has 1 aromatic carbocycles. The molecule has 8 heteroatoms. The number of nitrogens with zero attached hydrogens (tertiary/aromatic N) is 1. The van der Waals surface area contributed by atoms with Crippen LogP contribution in [0, 0.1) is 23.7 Å². The van der Waals surface area contributed by atoms with Gasteiger partial charge in [-0.25, -0.2) is 4.79 Å². The van der Waals surface area contributed by atoms with E-state index in [4.69, 9.17) is 4.74 Å². The van der Waals surface area contributed by atoms with Crippen LogP contribution in [-0.2, 0) is 23.9 Å². The molecule has 0 unspecified atom stereocenters. The average molecular weight is 449 g/mol. The third-order valence-electron chi connectivity index (χ3n) is 6.16. The van der Waals surface area contributed by atoms with Crippen LogP contribution in [0.25, 0.3) is 0 Å². The maximum absolute atomic E-state index is 12.8. The standard InChI is InChI=1S/C20H21BrN2O5/c1-10(20(27)28-9-15(24)22-14-6-4-13(21)5-7-14)23-18(25)16-11-2-3-12(8-11)17(16)19(23)26/h4-7,10-12,16-17H,2-3,8-9H2,1H3,(H,22,24)/t10-,11+,12+,16+,17+/m1/s1.